The van der Waals surface area contributed by atoms with Crippen molar-refractivity contribution >= 4 is 23.7 Å². The van der Waals surface area contributed by atoms with Crippen LogP contribution in [0, 0.1) is 0 Å². The highest BCUT2D eigenvalue weighted by atomic mass is 32.2. The number of carboxylic acids is 2. The highest BCUT2D eigenvalue weighted by molar-refractivity contribution is 7.99. The first-order valence-corrected chi connectivity index (χ1v) is 12.9. The molecule has 3 aromatic rings. The quantitative estimate of drug-likeness (QED) is 0.205. The van der Waals surface area contributed by atoms with Gasteiger partial charge in [0.2, 0.25) is 5.16 Å². The Hall–Kier alpha value is -3.20. The summed E-state index contributed by atoms with van der Waals surface area (Å²) >= 11 is 1.19. The molecule has 0 fully saturated rings. The van der Waals surface area contributed by atoms with Crippen molar-refractivity contribution in [1.29, 1.82) is 0 Å². The van der Waals surface area contributed by atoms with Crippen molar-refractivity contribution in [2.24, 2.45) is 0 Å². The highest BCUT2D eigenvalue weighted by Crippen LogP contribution is 2.38. The van der Waals surface area contributed by atoms with Crippen LogP contribution in [0.15, 0.2) is 59.8 Å². The Kier molecular flexibility index (Phi) is 10.8. The van der Waals surface area contributed by atoms with E-state index >= 15 is 0 Å². The largest absolute Gasteiger partial charge is 0.481 e. The Balaban J connectivity index is 1.51. The number of aliphatic carboxylic acids is 2. The summed E-state index contributed by atoms with van der Waals surface area (Å²) in [7, 11) is 0. The van der Waals surface area contributed by atoms with E-state index in [1.165, 1.54) is 47.7 Å². The van der Waals surface area contributed by atoms with Gasteiger partial charge in [-0.15, -0.1) is 5.10 Å². The van der Waals surface area contributed by atoms with Gasteiger partial charge >= 0.3 is 11.9 Å². The second kappa shape index (κ2) is 14.3. The van der Waals surface area contributed by atoms with Gasteiger partial charge in [-0.3, -0.25) is 9.59 Å². The summed E-state index contributed by atoms with van der Waals surface area (Å²) in [6, 6.07) is 18.5. The number of aromatic nitrogens is 4. The van der Waals surface area contributed by atoms with Crippen LogP contribution >= 0.6 is 11.8 Å². The molecule has 1 unspecified atom stereocenters. The second-order valence-electron chi connectivity index (χ2n) is 8.52. The number of aryl methyl sites for hydroxylation is 2. The summed E-state index contributed by atoms with van der Waals surface area (Å²) in [4.78, 5) is 22.7. The molecule has 2 N–H and O–H groups in total. The van der Waals surface area contributed by atoms with Crippen LogP contribution in [0.4, 0.5) is 0 Å². The van der Waals surface area contributed by atoms with Crippen molar-refractivity contribution in [1.82, 2.24) is 20.2 Å². The molecular formula is C26H32N4O4S. The number of hydrogen-bond acceptors (Lipinski definition) is 6. The Morgan fingerprint density at radius 3 is 2.20 bits per heavy atom. The standard InChI is InChI=1S/C26H32N4O4S/c31-24(32)18-23(35-26-27-28-29-30(26)19-25(33)34)22-17-11-10-16-21(22)15-9-4-2-1-3-6-12-20-13-7-5-8-14-20/h5,7-8,10-11,13-14,16-17,23H,1-4,6,9,12,15,18-19H2,(H,31,32)(H,33,34). The normalized spacial score (nSPS) is 11.9. The lowest BCUT2D eigenvalue weighted by atomic mass is 9.97. The predicted molar refractivity (Wildman–Crippen MR) is 134 cm³/mol. The molecule has 1 heterocycles. The van der Waals surface area contributed by atoms with Gasteiger partial charge in [0.25, 0.3) is 0 Å². The van der Waals surface area contributed by atoms with Crippen LogP contribution in [0.25, 0.3) is 0 Å². The van der Waals surface area contributed by atoms with Crippen LogP contribution in [0.5, 0.6) is 0 Å². The molecule has 186 valence electrons. The topological polar surface area (TPSA) is 118 Å². The lowest BCUT2D eigenvalue weighted by molar-refractivity contribution is -0.138. The Labute approximate surface area is 209 Å². The van der Waals surface area contributed by atoms with Crippen molar-refractivity contribution in [3.63, 3.8) is 0 Å². The second-order valence-corrected chi connectivity index (χ2v) is 9.69. The van der Waals surface area contributed by atoms with Gasteiger partial charge in [-0.05, 0) is 52.8 Å². The predicted octanol–water partition coefficient (Wildman–Crippen LogP) is 5.19. The van der Waals surface area contributed by atoms with Gasteiger partial charge < -0.3 is 10.2 Å². The van der Waals surface area contributed by atoms with Crippen molar-refractivity contribution in [3.05, 3.63) is 71.3 Å². The first-order valence-electron chi connectivity index (χ1n) is 12.0. The maximum absolute atomic E-state index is 11.6. The lowest BCUT2D eigenvalue weighted by Gasteiger charge is -2.18. The third-order valence-corrected chi connectivity index (χ3v) is 7.01. The zero-order valence-corrected chi connectivity index (χ0v) is 20.6. The fourth-order valence-electron chi connectivity index (χ4n) is 4.08. The minimum atomic E-state index is -1.06. The molecule has 0 saturated carbocycles. The van der Waals surface area contributed by atoms with Gasteiger partial charge in [-0.2, -0.15) is 0 Å². The number of thioether (sulfide) groups is 1. The molecule has 1 atom stereocenters. The molecule has 0 bridgehead atoms. The van der Waals surface area contributed by atoms with E-state index in [9.17, 15) is 14.7 Å². The summed E-state index contributed by atoms with van der Waals surface area (Å²) in [6.45, 7) is -0.373. The van der Waals surface area contributed by atoms with Gasteiger partial charge in [0.05, 0.1) is 6.42 Å². The first-order chi connectivity index (χ1) is 17.0. The maximum atomic E-state index is 11.6. The van der Waals surface area contributed by atoms with Crippen molar-refractivity contribution < 1.29 is 19.8 Å². The summed E-state index contributed by atoms with van der Waals surface area (Å²) in [5, 5.41) is 29.6. The van der Waals surface area contributed by atoms with Crippen LogP contribution < -0.4 is 0 Å². The van der Waals surface area contributed by atoms with E-state index in [-0.39, 0.29) is 13.0 Å². The van der Waals surface area contributed by atoms with Crippen LogP contribution in [-0.4, -0.2) is 42.4 Å². The van der Waals surface area contributed by atoms with Crippen molar-refractivity contribution in [3.8, 4) is 0 Å². The van der Waals surface area contributed by atoms with Gasteiger partial charge in [0, 0.05) is 5.25 Å². The molecule has 3 rings (SSSR count). The van der Waals surface area contributed by atoms with Gasteiger partial charge in [-0.1, -0.05) is 92.0 Å². The zero-order valence-electron chi connectivity index (χ0n) is 19.8. The van der Waals surface area contributed by atoms with E-state index in [2.05, 4.69) is 39.8 Å². The van der Waals surface area contributed by atoms with Crippen LogP contribution in [0.1, 0.15) is 66.9 Å². The summed E-state index contributed by atoms with van der Waals surface area (Å²) in [5.74, 6) is -1.99. The lowest BCUT2D eigenvalue weighted by Crippen LogP contribution is -2.13. The summed E-state index contributed by atoms with van der Waals surface area (Å²) in [5.41, 5.74) is 3.45. The number of tetrazole rings is 1. The zero-order chi connectivity index (χ0) is 24.9. The SMILES string of the molecule is O=C(O)CC(Sc1nnnn1CC(=O)O)c1ccccc1CCCCCCCCc1ccccc1. The number of unbranched alkanes of at least 4 members (excludes halogenated alkanes) is 5. The monoisotopic (exact) mass is 496 g/mol. The maximum Gasteiger partial charge on any atom is 0.325 e. The van der Waals surface area contributed by atoms with E-state index in [0.717, 1.165) is 36.8 Å². The molecule has 35 heavy (non-hydrogen) atoms. The fourth-order valence-corrected chi connectivity index (χ4v) is 5.23. The average Bonchev–Trinajstić information content (AvgIpc) is 3.26. The molecule has 0 aliphatic heterocycles. The molecule has 1 aromatic heterocycles. The Morgan fingerprint density at radius 1 is 0.829 bits per heavy atom. The smallest absolute Gasteiger partial charge is 0.325 e. The van der Waals surface area contributed by atoms with Crippen LogP contribution in [0.3, 0.4) is 0 Å². The highest BCUT2D eigenvalue weighted by Gasteiger charge is 2.23. The summed E-state index contributed by atoms with van der Waals surface area (Å²) in [6.07, 6.45) is 8.92. The van der Waals surface area contributed by atoms with Crippen molar-refractivity contribution in [2.75, 3.05) is 0 Å². The fraction of sp³-hybridized carbons (Fsp3) is 0.423. The van der Waals surface area contributed by atoms with E-state index in [1.54, 1.807) is 0 Å². The van der Waals surface area contributed by atoms with E-state index < -0.39 is 17.2 Å². The molecule has 0 aliphatic rings. The molecule has 2 aromatic carbocycles. The van der Waals surface area contributed by atoms with Gasteiger partial charge in [-0.25, -0.2) is 4.68 Å². The van der Waals surface area contributed by atoms with Gasteiger partial charge in [0.1, 0.15) is 6.54 Å². The number of rotatable bonds is 16. The molecule has 0 aliphatic carbocycles. The van der Waals surface area contributed by atoms with Crippen molar-refractivity contribution in [2.45, 2.75) is 74.7 Å². The number of nitrogens with zero attached hydrogens (tertiary/aromatic N) is 4. The minimum Gasteiger partial charge on any atom is -0.481 e. The molecule has 0 spiro atoms. The number of benzene rings is 2. The van der Waals surface area contributed by atoms with Gasteiger partial charge in [0.15, 0.2) is 0 Å². The Morgan fingerprint density at radius 2 is 1.49 bits per heavy atom. The third-order valence-electron chi connectivity index (χ3n) is 5.80. The average molecular weight is 497 g/mol. The Bertz CT molecular complexity index is 1070. The molecular weight excluding hydrogens is 464 g/mol. The number of carbonyl (C=O) groups is 2. The van der Waals surface area contributed by atoms with E-state index in [1.807, 2.05) is 30.3 Å². The minimum absolute atomic E-state index is 0.108. The van der Waals surface area contributed by atoms with Crippen LogP contribution in [0.2, 0.25) is 0 Å². The summed E-state index contributed by atoms with van der Waals surface area (Å²) < 4.78 is 1.18. The van der Waals surface area contributed by atoms with Crippen LogP contribution in [-0.2, 0) is 29.0 Å². The first kappa shape index (κ1) is 26.4. The molecule has 0 saturated heterocycles. The molecule has 8 nitrogen and oxygen atoms in total. The van der Waals surface area contributed by atoms with E-state index in [0.29, 0.717) is 5.16 Å². The third kappa shape index (κ3) is 9.16. The molecule has 0 amide bonds. The molecule has 9 heteroatoms. The number of carboxylic acid groups (broad SMARTS) is 2. The van der Waals surface area contributed by atoms with E-state index in [4.69, 9.17) is 5.11 Å². The molecule has 0 radical (unpaired) electrons. The number of hydrogen-bond donors (Lipinski definition) is 2.